The molecular weight excluding hydrogens is 155 g/mol. The summed E-state index contributed by atoms with van der Waals surface area (Å²) in [6.45, 7) is 2.79. The van der Waals surface area contributed by atoms with Crippen molar-refractivity contribution in [1.29, 1.82) is 0 Å². The van der Waals surface area contributed by atoms with Crippen molar-refractivity contribution < 1.29 is 13.2 Å². The lowest BCUT2D eigenvalue weighted by molar-refractivity contribution is -0.195. The highest BCUT2D eigenvalue weighted by Gasteiger charge is 2.51. The van der Waals surface area contributed by atoms with Crippen molar-refractivity contribution in [2.24, 2.45) is 5.41 Å². The first-order chi connectivity index (χ1) is 4.85. The van der Waals surface area contributed by atoms with Crippen LogP contribution in [0.5, 0.6) is 0 Å². The van der Waals surface area contributed by atoms with Crippen LogP contribution in [0.25, 0.3) is 0 Å². The van der Waals surface area contributed by atoms with Gasteiger partial charge in [-0.15, -0.1) is 0 Å². The Morgan fingerprint density at radius 2 is 2.09 bits per heavy atom. The van der Waals surface area contributed by atoms with Gasteiger partial charge in [-0.3, -0.25) is 0 Å². The maximum Gasteiger partial charge on any atom is 0.399 e. The minimum Gasteiger partial charge on any atom is -0.388 e. The number of halogens is 3. The van der Waals surface area contributed by atoms with Crippen LogP contribution in [0.3, 0.4) is 0 Å². The standard InChI is InChI=1S/C7H10F3N/c1-5-3-6(2,4-11-5)7(8,9)10/h3,11H,4H2,1-2H3. The number of alkyl halides is 3. The fourth-order valence-corrected chi connectivity index (χ4v) is 1.09. The van der Waals surface area contributed by atoms with E-state index in [2.05, 4.69) is 5.32 Å². The molecule has 0 aromatic carbocycles. The third kappa shape index (κ3) is 1.34. The van der Waals surface area contributed by atoms with E-state index in [0.29, 0.717) is 5.70 Å². The van der Waals surface area contributed by atoms with Crippen molar-refractivity contribution in [3.05, 3.63) is 11.8 Å². The fraction of sp³-hybridized carbons (Fsp3) is 0.714. The molecule has 4 heteroatoms. The first-order valence-corrected chi connectivity index (χ1v) is 3.35. The van der Waals surface area contributed by atoms with Crippen LogP contribution in [0.1, 0.15) is 13.8 Å². The van der Waals surface area contributed by atoms with Crippen LogP contribution in [0.4, 0.5) is 13.2 Å². The molecule has 1 atom stereocenters. The van der Waals surface area contributed by atoms with Crippen LogP contribution in [0, 0.1) is 5.41 Å². The zero-order valence-corrected chi connectivity index (χ0v) is 6.42. The Bertz CT molecular complexity index is 194. The van der Waals surface area contributed by atoms with E-state index in [4.69, 9.17) is 0 Å². The van der Waals surface area contributed by atoms with Gasteiger partial charge in [0.05, 0.1) is 0 Å². The summed E-state index contributed by atoms with van der Waals surface area (Å²) < 4.78 is 36.7. The molecule has 1 N–H and O–H groups in total. The second-order valence-electron chi connectivity index (χ2n) is 3.10. The number of nitrogens with one attached hydrogen (secondary N) is 1. The highest BCUT2D eigenvalue weighted by atomic mass is 19.4. The van der Waals surface area contributed by atoms with Crippen molar-refractivity contribution in [2.75, 3.05) is 6.54 Å². The maximum atomic E-state index is 12.2. The van der Waals surface area contributed by atoms with Gasteiger partial charge in [0.1, 0.15) is 5.41 Å². The SMILES string of the molecule is CC1=CC(C)(C(F)(F)F)CN1. The molecule has 0 amide bonds. The summed E-state index contributed by atoms with van der Waals surface area (Å²) >= 11 is 0. The summed E-state index contributed by atoms with van der Waals surface area (Å²) in [4.78, 5) is 0. The number of allylic oxidation sites excluding steroid dienone is 1. The topological polar surface area (TPSA) is 12.0 Å². The summed E-state index contributed by atoms with van der Waals surface area (Å²) in [5.74, 6) is 0. The molecule has 1 nitrogen and oxygen atoms in total. The first-order valence-electron chi connectivity index (χ1n) is 3.35. The Kier molecular flexibility index (Phi) is 1.65. The van der Waals surface area contributed by atoms with Gasteiger partial charge in [0, 0.05) is 12.2 Å². The van der Waals surface area contributed by atoms with Crippen molar-refractivity contribution in [3.8, 4) is 0 Å². The average Bonchev–Trinajstić information content (AvgIpc) is 2.10. The minimum absolute atomic E-state index is 0.0394. The molecular formula is C7H10F3N. The summed E-state index contributed by atoms with van der Waals surface area (Å²) in [5.41, 5.74) is -1.07. The van der Waals surface area contributed by atoms with Crippen LogP contribution in [-0.4, -0.2) is 12.7 Å². The van der Waals surface area contributed by atoms with E-state index in [1.165, 1.54) is 13.0 Å². The van der Waals surface area contributed by atoms with Gasteiger partial charge in [0.25, 0.3) is 0 Å². The molecule has 1 aliphatic rings. The fourth-order valence-electron chi connectivity index (χ4n) is 1.09. The van der Waals surface area contributed by atoms with Crippen LogP contribution in [-0.2, 0) is 0 Å². The molecule has 0 radical (unpaired) electrons. The van der Waals surface area contributed by atoms with Gasteiger partial charge < -0.3 is 5.32 Å². The lowest BCUT2D eigenvalue weighted by Crippen LogP contribution is -2.37. The van der Waals surface area contributed by atoms with Crippen LogP contribution in [0.15, 0.2) is 11.8 Å². The smallest absolute Gasteiger partial charge is 0.388 e. The Balaban J connectivity index is 2.86. The third-order valence-electron chi connectivity index (χ3n) is 1.92. The second kappa shape index (κ2) is 2.16. The molecule has 1 unspecified atom stereocenters. The van der Waals surface area contributed by atoms with Gasteiger partial charge in [-0.05, 0) is 19.9 Å². The van der Waals surface area contributed by atoms with E-state index in [9.17, 15) is 13.2 Å². The monoisotopic (exact) mass is 165 g/mol. The summed E-state index contributed by atoms with van der Waals surface area (Å²) in [6.07, 6.45) is -2.91. The summed E-state index contributed by atoms with van der Waals surface area (Å²) in [6, 6.07) is 0. The van der Waals surface area contributed by atoms with Gasteiger partial charge >= 0.3 is 6.18 Å². The molecule has 0 saturated carbocycles. The zero-order valence-electron chi connectivity index (χ0n) is 6.42. The summed E-state index contributed by atoms with van der Waals surface area (Å²) in [5, 5.41) is 2.66. The number of hydrogen-bond donors (Lipinski definition) is 1. The maximum absolute atomic E-state index is 12.2. The van der Waals surface area contributed by atoms with E-state index < -0.39 is 11.6 Å². The highest BCUT2D eigenvalue weighted by Crippen LogP contribution is 2.41. The molecule has 0 saturated heterocycles. The molecule has 0 aliphatic carbocycles. The molecule has 0 fully saturated rings. The molecule has 11 heavy (non-hydrogen) atoms. The molecule has 64 valence electrons. The van der Waals surface area contributed by atoms with Crippen LogP contribution >= 0.6 is 0 Å². The first kappa shape index (κ1) is 8.43. The normalized spacial score (nSPS) is 31.5. The van der Waals surface area contributed by atoms with Crippen molar-refractivity contribution >= 4 is 0 Å². The Labute approximate surface area is 63.3 Å². The number of rotatable bonds is 0. The predicted molar refractivity (Wildman–Crippen MR) is 35.9 cm³/mol. The molecule has 0 bridgehead atoms. The molecule has 1 rings (SSSR count). The van der Waals surface area contributed by atoms with Gasteiger partial charge in [-0.1, -0.05) is 0 Å². The molecule has 1 heterocycles. The van der Waals surface area contributed by atoms with Crippen molar-refractivity contribution in [1.82, 2.24) is 5.32 Å². The average molecular weight is 165 g/mol. The highest BCUT2D eigenvalue weighted by molar-refractivity contribution is 5.15. The van der Waals surface area contributed by atoms with Crippen molar-refractivity contribution in [2.45, 2.75) is 20.0 Å². The van der Waals surface area contributed by atoms with E-state index in [1.807, 2.05) is 0 Å². The van der Waals surface area contributed by atoms with Gasteiger partial charge in [0.15, 0.2) is 0 Å². The van der Waals surface area contributed by atoms with Gasteiger partial charge in [0.2, 0.25) is 0 Å². The molecule has 1 aliphatic heterocycles. The van der Waals surface area contributed by atoms with Crippen LogP contribution < -0.4 is 5.32 Å². The lowest BCUT2D eigenvalue weighted by Gasteiger charge is -2.24. The Morgan fingerprint density at radius 1 is 1.55 bits per heavy atom. The lowest BCUT2D eigenvalue weighted by atomic mass is 9.92. The van der Waals surface area contributed by atoms with Gasteiger partial charge in [-0.25, -0.2) is 0 Å². The quantitative estimate of drug-likeness (QED) is 0.579. The van der Waals surface area contributed by atoms with E-state index in [1.54, 1.807) is 6.92 Å². The molecule has 0 spiro atoms. The van der Waals surface area contributed by atoms with E-state index in [0.717, 1.165) is 0 Å². The molecule has 0 aromatic rings. The van der Waals surface area contributed by atoms with Crippen LogP contribution in [0.2, 0.25) is 0 Å². The van der Waals surface area contributed by atoms with E-state index >= 15 is 0 Å². The Hall–Kier alpha value is -0.670. The number of hydrogen-bond acceptors (Lipinski definition) is 1. The minimum atomic E-state index is -4.14. The second-order valence-corrected chi connectivity index (χ2v) is 3.10. The Morgan fingerprint density at radius 3 is 2.27 bits per heavy atom. The summed E-state index contributed by atoms with van der Waals surface area (Å²) in [7, 11) is 0. The van der Waals surface area contributed by atoms with E-state index in [-0.39, 0.29) is 6.54 Å². The third-order valence-corrected chi connectivity index (χ3v) is 1.92. The largest absolute Gasteiger partial charge is 0.399 e. The van der Waals surface area contributed by atoms with Gasteiger partial charge in [-0.2, -0.15) is 13.2 Å². The molecule has 0 aromatic heterocycles. The predicted octanol–water partition coefficient (Wildman–Crippen LogP) is 2.06. The zero-order chi connectivity index (χ0) is 8.70. The van der Waals surface area contributed by atoms with Crippen molar-refractivity contribution in [3.63, 3.8) is 0 Å².